The number of nitrogens with zero attached hydrogens (tertiary/aromatic N) is 3. The van der Waals surface area contributed by atoms with Crippen molar-refractivity contribution in [2.24, 2.45) is 0 Å². The molecule has 1 aliphatic rings. The summed E-state index contributed by atoms with van der Waals surface area (Å²) in [5, 5.41) is 0. The monoisotopic (exact) mass is 491 g/mol. The minimum absolute atomic E-state index is 0.115. The molecule has 36 heavy (non-hydrogen) atoms. The molecule has 1 saturated heterocycles. The third-order valence-corrected chi connectivity index (χ3v) is 6.75. The number of ether oxygens (including phenoxy) is 2. The fraction of sp³-hybridized carbons (Fsp3) is 0.379. The van der Waals surface area contributed by atoms with Gasteiger partial charge in [-0.25, -0.2) is 14.2 Å². The molecule has 6 nitrogen and oxygen atoms in total. The highest BCUT2D eigenvalue weighted by atomic mass is 19.1. The minimum Gasteiger partial charge on any atom is -0.497 e. The van der Waals surface area contributed by atoms with Crippen molar-refractivity contribution >= 4 is 11.8 Å². The maximum atomic E-state index is 13.6. The molecule has 0 N–H and O–H groups in total. The van der Waals surface area contributed by atoms with E-state index in [0.717, 1.165) is 48.7 Å². The quantitative estimate of drug-likeness (QED) is 0.406. The van der Waals surface area contributed by atoms with Crippen molar-refractivity contribution in [2.75, 3.05) is 38.8 Å². The number of rotatable bonds is 7. The van der Waals surface area contributed by atoms with Crippen LogP contribution in [0.25, 0.3) is 11.1 Å². The van der Waals surface area contributed by atoms with E-state index in [1.165, 1.54) is 24.8 Å². The molecule has 0 unspecified atom stereocenters. The van der Waals surface area contributed by atoms with Gasteiger partial charge in [0, 0.05) is 37.8 Å². The molecule has 0 bridgehead atoms. The summed E-state index contributed by atoms with van der Waals surface area (Å²) < 4.78 is 24.0. The normalized spacial score (nSPS) is 16.3. The number of pyridine rings is 1. The lowest BCUT2D eigenvalue weighted by molar-refractivity contribution is 0.0600. The van der Waals surface area contributed by atoms with Gasteiger partial charge in [-0.15, -0.1) is 0 Å². The number of piperazine rings is 1. The highest BCUT2D eigenvalue weighted by Crippen LogP contribution is 2.34. The molecule has 3 aromatic rings. The molecule has 1 atom stereocenters. The zero-order chi connectivity index (χ0) is 25.8. The molecular weight excluding hydrogens is 457 g/mol. The summed E-state index contributed by atoms with van der Waals surface area (Å²) >= 11 is 0. The lowest BCUT2D eigenvalue weighted by Crippen LogP contribution is -2.52. The van der Waals surface area contributed by atoms with Gasteiger partial charge >= 0.3 is 5.97 Å². The molecule has 1 aliphatic heterocycles. The molecule has 1 aromatic heterocycles. The number of aromatic nitrogens is 1. The second kappa shape index (κ2) is 11.1. The van der Waals surface area contributed by atoms with Crippen LogP contribution < -0.4 is 9.64 Å². The number of carbonyl (C=O) groups is 1. The molecule has 0 aliphatic carbocycles. The maximum absolute atomic E-state index is 13.6. The molecule has 190 valence electrons. The number of methoxy groups -OCH3 is 2. The third-order valence-electron chi connectivity index (χ3n) is 6.75. The molecule has 2 heterocycles. The van der Waals surface area contributed by atoms with Gasteiger partial charge in [0.1, 0.15) is 22.9 Å². The zero-order valence-electron chi connectivity index (χ0n) is 21.6. The fourth-order valence-electron chi connectivity index (χ4n) is 4.71. The number of anilines is 1. The van der Waals surface area contributed by atoms with Gasteiger partial charge in [0.15, 0.2) is 0 Å². The molecule has 2 aromatic carbocycles. The number of hydrogen-bond donors (Lipinski definition) is 0. The number of halogens is 1. The average molecular weight is 492 g/mol. The van der Waals surface area contributed by atoms with Gasteiger partial charge in [0.25, 0.3) is 0 Å². The van der Waals surface area contributed by atoms with Crippen LogP contribution in [0.1, 0.15) is 48.3 Å². The van der Waals surface area contributed by atoms with Gasteiger partial charge in [-0.05, 0) is 54.3 Å². The van der Waals surface area contributed by atoms with E-state index in [9.17, 15) is 9.18 Å². The summed E-state index contributed by atoms with van der Waals surface area (Å²) in [7, 11) is 3.05. The summed E-state index contributed by atoms with van der Waals surface area (Å²) in [6.07, 6.45) is 0. The number of benzene rings is 2. The van der Waals surface area contributed by atoms with E-state index in [-0.39, 0.29) is 17.8 Å². The lowest BCUT2D eigenvalue weighted by atomic mass is 9.95. The zero-order valence-corrected chi connectivity index (χ0v) is 21.6. The van der Waals surface area contributed by atoms with Gasteiger partial charge in [0.05, 0.1) is 19.9 Å². The maximum Gasteiger partial charge on any atom is 0.341 e. The first kappa shape index (κ1) is 25.6. The van der Waals surface area contributed by atoms with Gasteiger partial charge < -0.3 is 14.4 Å². The van der Waals surface area contributed by atoms with Gasteiger partial charge in [0.2, 0.25) is 0 Å². The lowest BCUT2D eigenvalue weighted by Gasteiger charge is -2.41. The van der Waals surface area contributed by atoms with Crippen molar-refractivity contribution in [3.8, 4) is 16.9 Å². The standard InChI is InChI=1S/C29H34FN3O3/c1-19(2)27-25(22-8-10-23(30)11-9-22)16-26(29(34)36-5)28(31-27)33-15-14-32(20(3)17-33)18-21-6-12-24(35-4)13-7-21/h6-13,16,19-20H,14-15,17-18H2,1-5H3/t20-/m1/s1. The Bertz CT molecular complexity index is 1200. The van der Waals surface area contributed by atoms with Crippen molar-refractivity contribution in [1.82, 2.24) is 9.88 Å². The van der Waals surface area contributed by atoms with Crippen LogP contribution in [0.5, 0.6) is 5.75 Å². The minimum atomic E-state index is -0.426. The Morgan fingerprint density at radius 3 is 2.36 bits per heavy atom. The van der Waals surface area contributed by atoms with E-state index in [1.54, 1.807) is 19.2 Å². The van der Waals surface area contributed by atoms with Crippen molar-refractivity contribution in [2.45, 2.75) is 39.3 Å². The summed E-state index contributed by atoms with van der Waals surface area (Å²) in [6.45, 7) is 9.51. The Balaban J connectivity index is 1.63. The van der Waals surface area contributed by atoms with Crippen molar-refractivity contribution in [3.05, 3.63) is 77.2 Å². The van der Waals surface area contributed by atoms with Crippen molar-refractivity contribution in [1.29, 1.82) is 0 Å². The van der Waals surface area contributed by atoms with E-state index in [1.807, 2.05) is 18.2 Å². The van der Waals surface area contributed by atoms with Crippen LogP contribution in [0, 0.1) is 5.82 Å². The molecule has 7 heteroatoms. The predicted molar refractivity (Wildman–Crippen MR) is 140 cm³/mol. The Kier molecular flexibility index (Phi) is 7.89. The second-order valence-corrected chi connectivity index (χ2v) is 9.56. The van der Waals surface area contributed by atoms with Crippen LogP contribution in [-0.4, -0.2) is 55.7 Å². The van der Waals surface area contributed by atoms with Gasteiger partial charge in [-0.3, -0.25) is 4.90 Å². The molecule has 0 radical (unpaired) electrons. The molecule has 0 spiro atoms. The SMILES string of the molecule is COC(=O)c1cc(-c2ccc(F)cc2)c(C(C)C)nc1N1CCN(Cc2ccc(OC)cc2)[C@H](C)C1. The Hall–Kier alpha value is -3.45. The van der Waals surface area contributed by atoms with Crippen LogP contribution in [0.4, 0.5) is 10.2 Å². The molecule has 0 saturated carbocycles. The van der Waals surface area contributed by atoms with E-state index >= 15 is 0 Å². The molecule has 4 rings (SSSR count). The van der Waals surface area contributed by atoms with E-state index in [4.69, 9.17) is 14.5 Å². The van der Waals surface area contributed by atoms with Crippen molar-refractivity contribution < 1.29 is 18.7 Å². The largest absolute Gasteiger partial charge is 0.497 e. The summed E-state index contributed by atoms with van der Waals surface area (Å²) in [4.78, 5) is 22.5. The van der Waals surface area contributed by atoms with Crippen LogP contribution in [0.15, 0.2) is 54.6 Å². The highest BCUT2D eigenvalue weighted by molar-refractivity contribution is 5.96. The molecular formula is C29H34FN3O3. The van der Waals surface area contributed by atoms with Crippen LogP contribution in [0.3, 0.4) is 0 Å². The molecule has 1 fully saturated rings. The molecule has 0 amide bonds. The number of hydrogen-bond acceptors (Lipinski definition) is 6. The fourth-order valence-corrected chi connectivity index (χ4v) is 4.71. The first-order valence-electron chi connectivity index (χ1n) is 12.3. The summed E-state index contributed by atoms with van der Waals surface area (Å²) in [5.74, 6) is 0.883. The van der Waals surface area contributed by atoms with Crippen LogP contribution in [-0.2, 0) is 11.3 Å². The Morgan fingerprint density at radius 1 is 1.08 bits per heavy atom. The second-order valence-electron chi connectivity index (χ2n) is 9.56. The van der Waals surface area contributed by atoms with E-state index in [0.29, 0.717) is 11.4 Å². The Morgan fingerprint density at radius 2 is 1.78 bits per heavy atom. The van der Waals surface area contributed by atoms with E-state index < -0.39 is 5.97 Å². The summed E-state index contributed by atoms with van der Waals surface area (Å²) in [5.41, 5.74) is 4.17. The average Bonchev–Trinajstić information content (AvgIpc) is 2.89. The number of carbonyl (C=O) groups excluding carboxylic acids is 1. The summed E-state index contributed by atoms with van der Waals surface area (Å²) in [6, 6.07) is 16.6. The van der Waals surface area contributed by atoms with Crippen molar-refractivity contribution in [3.63, 3.8) is 0 Å². The smallest absolute Gasteiger partial charge is 0.341 e. The van der Waals surface area contributed by atoms with Crippen LogP contribution >= 0.6 is 0 Å². The topological polar surface area (TPSA) is 54.9 Å². The van der Waals surface area contributed by atoms with Gasteiger partial charge in [-0.2, -0.15) is 0 Å². The third kappa shape index (κ3) is 5.51. The Labute approximate surface area is 212 Å². The van der Waals surface area contributed by atoms with E-state index in [2.05, 4.69) is 42.7 Å². The van der Waals surface area contributed by atoms with Gasteiger partial charge in [-0.1, -0.05) is 38.1 Å². The highest BCUT2D eigenvalue weighted by Gasteiger charge is 2.29. The first-order valence-corrected chi connectivity index (χ1v) is 12.3. The number of esters is 1. The first-order chi connectivity index (χ1) is 17.3. The predicted octanol–water partition coefficient (Wildman–Crippen LogP) is 5.52. The van der Waals surface area contributed by atoms with Crippen LogP contribution in [0.2, 0.25) is 0 Å².